The summed E-state index contributed by atoms with van der Waals surface area (Å²) >= 11 is 4.16. The van der Waals surface area contributed by atoms with Crippen LogP contribution in [0.5, 0.6) is 0 Å². The molecule has 0 amide bonds. The minimum absolute atomic E-state index is 0.0423. The van der Waals surface area contributed by atoms with Gasteiger partial charge in [-0.3, -0.25) is 0 Å². The van der Waals surface area contributed by atoms with Crippen LogP contribution in [0.1, 0.15) is 44.9 Å². The first-order valence-electron chi connectivity index (χ1n) is 14.3. The van der Waals surface area contributed by atoms with Gasteiger partial charge in [0.05, 0.1) is 0 Å². The summed E-state index contributed by atoms with van der Waals surface area (Å²) in [5, 5.41) is 0. The molecule has 3 aromatic carbocycles. The van der Waals surface area contributed by atoms with Crippen LogP contribution in [0.15, 0.2) is 125 Å². The number of rotatable bonds is 14. The van der Waals surface area contributed by atoms with Gasteiger partial charge in [0.15, 0.2) is 0 Å². The predicted molar refractivity (Wildman–Crippen MR) is 171 cm³/mol. The summed E-state index contributed by atoms with van der Waals surface area (Å²) in [4.78, 5) is 2.69. The van der Waals surface area contributed by atoms with E-state index in [1.165, 1.54) is 46.4 Å². The third kappa shape index (κ3) is 7.54. The molecule has 39 heavy (non-hydrogen) atoms. The molecule has 1 heterocycles. The Bertz CT molecular complexity index is 1120. The predicted octanol–water partition coefficient (Wildman–Crippen LogP) is 8.79. The first-order valence-corrected chi connectivity index (χ1v) is 18.0. The number of ether oxygens (including phenoxy) is 1. The molecule has 3 aromatic rings. The van der Waals surface area contributed by atoms with Crippen LogP contribution in [0.25, 0.3) is 0 Å². The summed E-state index contributed by atoms with van der Waals surface area (Å²) < 4.78 is 8.46. The molecule has 2 atom stereocenters. The maximum absolute atomic E-state index is 6.93. The topological polar surface area (TPSA) is 9.23 Å². The van der Waals surface area contributed by atoms with Gasteiger partial charge in [0.1, 0.15) is 0 Å². The van der Waals surface area contributed by atoms with Gasteiger partial charge in [-0.25, -0.2) is 0 Å². The number of allylic oxidation sites excluding steroid dienone is 2. The summed E-state index contributed by atoms with van der Waals surface area (Å²) in [5.41, 5.74) is 0.262. The number of hydrogen-bond acceptors (Lipinski definition) is 3. The van der Waals surface area contributed by atoms with Crippen molar-refractivity contribution in [3.05, 3.63) is 115 Å². The van der Waals surface area contributed by atoms with Crippen LogP contribution in [-0.2, 0) is 4.74 Å². The van der Waals surface area contributed by atoms with Crippen LogP contribution in [0.2, 0.25) is 0 Å². The van der Waals surface area contributed by atoms with Crippen LogP contribution in [0.4, 0.5) is 0 Å². The second kappa shape index (κ2) is 14.8. The Kier molecular flexibility index (Phi) is 10.9. The third-order valence-corrected chi connectivity index (χ3v) is 13.6. The SMILES string of the molecule is C(=C\CSc1ccccc1)/CCC1(CC/C=C/CSc2ccccc2)CC[C@H]2CCO[C@]21[Se]c1ccccc1. The van der Waals surface area contributed by atoms with Crippen molar-refractivity contribution in [2.24, 2.45) is 11.3 Å². The van der Waals surface area contributed by atoms with E-state index >= 15 is 0 Å². The second-order valence-corrected chi connectivity index (χ2v) is 15.4. The van der Waals surface area contributed by atoms with Crippen LogP contribution in [0.3, 0.4) is 0 Å². The van der Waals surface area contributed by atoms with Gasteiger partial charge in [0.25, 0.3) is 0 Å². The van der Waals surface area contributed by atoms with Crippen molar-refractivity contribution in [1.29, 1.82) is 0 Å². The molecule has 2 fully saturated rings. The molecular formula is C35H40OS2Se. The average molecular weight is 620 g/mol. The van der Waals surface area contributed by atoms with Gasteiger partial charge < -0.3 is 0 Å². The number of thioether (sulfide) groups is 2. The van der Waals surface area contributed by atoms with E-state index in [2.05, 4.69) is 115 Å². The fourth-order valence-electron chi connectivity index (χ4n) is 6.23. The van der Waals surface area contributed by atoms with E-state index in [1.807, 2.05) is 23.5 Å². The second-order valence-electron chi connectivity index (χ2n) is 10.5. The molecule has 5 rings (SSSR count). The number of hydrogen-bond donors (Lipinski definition) is 0. The molecular weight excluding hydrogens is 579 g/mol. The quantitative estimate of drug-likeness (QED) is 0.101. The third-order valence-electron chi connectivity index (χ3n) is 8.13. The molecule has 204 valence electrons. The van der Waals surface area contributed by atoms with Gasteiger partial charge in [-0.1, -0.05) is 0 Å². The van der Waals surface area contributed by atoms with E-state index in [1.54, 1.807) is 0 Å². The van der Waals surface area contributed by atoms with E-state index < -0.39 is 0 Å². The van der Waals surface area contributed by atoms with E-state index in [9.17, 15) is 0 Å². The van der Waals surface area contributed by atoms with E-state index in [-0.39, 0.29) is 9.91 Å². The molecule has 2 aliphatic rings. The van der Waals surface area contributed by atoms with Crippen LogP contribution >= 0.6 is 23.5 Å². The average Bonchev–Trinajstić information content (AvgIpc) is 3.52. The maximum atomic E-state index is 6.93. The summed E-state index contributed by atoms with van der Waals surface area (Å²) in [6.07, 6.45) is 18.3. The van der Waals surface area contributed by atoms with Gasteiger partial charge >= 0.3 is 252 Å². The van der Waals surface area contributed by atoms with E-state index in [4.69, 9.17) is 4.74 Å². The van der Waals surface area contributed by atoms with Crippen LogP contribution in [-0.4, -0.2) is 37.6 Å². The van der Waals surface area contributed by atoms with Crippen molar-refractivity contribution < 1.29 is 4.74 Å². The van der Waals surface area contributed by atoms with Gasteiger partial charge in [-0.05, 0) is 0 Å². The summed E-state index contributed by atoms with van der Waals surface area (Å²) in [6, 6.07) is 32.7. The van der Waals surface area contributed by atoms with Gasteiger partial charge in [-0.2, -0.15) is 0 Å². The molecule has 0 spiro atoms. The van der Waals surface area contributed by atoms with Gasteiger partial charge in [0.2, 0.25) is 0 Å². The Labute approximate surface area is 250 Å². The normalized spacial score (nSPS) is 22.1. The Morgan fingerprint density at radius 1 is 0.692 bits per heavy atom. The Morgan fingerprint density at radius 3 is 1.79 bits per heavy atom. The Hall–Kier alpha value is -1.68. The Balaban J connectivity index is 1.24. The van der Waals surface area contributed by atoms with E-state index in [0.717, 1.165) is 31.0 Å². The van der Waals surface area contributed by atoms with Crippen molar-refractivity contribution in [1.82, 2.24) is 0 Å². The molecule has 1 aliphatic heterocycles. The number of benzene rings is 3. The number of fused-ring (bicyclic) bond motifs is 1. The zero-order valence-corrected chi connectivity index (χ0v) is 26.1. The zero-order valence-electron chi connectivity index (χ0n) is 22.8. The van der Waals surface area contributed by atoms with Crippen molar-refractivity contribution >= 4 is 42.9 Å². The van der Waals surface area contributed by atoms with Crippen molar-refractivity contribution in [2.45, 2.75) is 59.2 Å². The Morgan fingerprint density at radius 2 is 1.23 bits per heavy atom. The molecule has 0 N–H and O–H groups in total. The molecule has 1 nitrogen and oxygen atoms in total. The fraction of sp³-hybridized carbons (Fsp3) is 0.371. The molecule has 0 unspecified atom stereocenters. The minimum atomic E-state index is 0.0423. The fourth-order valence-corrected chi connectivity index (χ4v) is 11.4. The van der Waals surface area contributed by atoms with Crippen molar-refractivity contribution in [3.8, 4) is 0 Å². The molecule has 0 bridgehead atoms. The monoisotopic (exact) mass is 620 g/mol. The molecule has 1 aliphatic carbocycles. The standard InChI is InChI=1S/C35H40OS2Se/c1-6-16-31(17-7-1)37-28-14-4-12-24-34(25-13-5-15-29-38-32-18-8-2-9-19-32)26-22-30-23-27-36-35(30,34)39-33-20-10-3-11-21-33/h1-11,14-21,30H,12-13,22-29H2/b14-4+,15-5+/t30-,35-/m0/s1. The molecule has 0 aromatic heterocycles. The summed E-state index contributed by atoms with van der Waals surface area (Å²) in [6.45, 7) is 0.939. The summed E-state index contributed by atoms with van der Waals surface area (Å²) in [7, 11) is 0. The molecule has 4 heteroatoms. The molecule has 1 saturated carbocycles. The van der Waals surface area contributed by atoms with Crippen molar-refractivity contribution in [3.63, 3.8) is 0 Å². The van der Waals surface area contributed by atoms with Crippen LogP contribution < -0.4 is 4.46 Å². The first-order chi connectivity index (χ1) is 19.3. The molecule has 0 radical (unpaired) electrons. The molecule has 1 saturated heterocycles. The van der Waals surface area contributed by atoms with Gasteiger partial charge in [0, 0.05) is 0 Å². The van der Waals surface area contributed by atoms with Gasteiger partial charge in [-0.15, -0.1) is 0 Å². The van der Waals surface area contributed by atoms with E-state index in [0.29, 0.717) is 20.9 Å². The van der Waals surface area contributed by atoms with Crippen molar-refractivity contribution in [2.75, 3.05) is 18.1 Å². The zero-order chi connectivity index (χ0) is 26.6. The summed E-state index contributed by atoms with van der Waals surface area (Å²) in [5.74, 6) is 2.79. The van der Waals surface area contributed by atoms with Crippen LogP contribution in [0, 0.1) is 11.3 Å². The first kappa shape index (κ1) is 28.8.